The van der Waals surface area contributed by atoms with Gasteiger partial charge < -0.3 is 10.2 Å². The van der Waals surface area contributed by atoms with Crippen molar-refractivity contribution in [1.29, 1.82) is 0 Å². The molecule has 1 fully saturated rings. The van der Waals surface area contributed by atoms with Crippen molar-refractivity contribution in [3.8, 4) is 11.8 Å². The number of nitrogens with zero attached hydrogens (tertiary/aromatic N) is 1. The number of β-amino-alcohol motifs (C(OH)–C–C–N with tert-alkyl or cyclic N) is 1. The van der Waals surface area contributed by atoms with E-state index in [-0.39, 0.29) is 18.5 Å². The first-order valence-corrected chi connectivity index (χ1v) is 5.97. The van der Waals surface area contributed by atoms with Crippen LogP contribution in [0.15, 0.2) is 18.2 Å². The molecule has 3 nitrogen and oxygen atoms in total. The third-order valence-electron chi connectivity index (χ3n) is 2.92. The van der Waals surface area contributed by atoms with E-state index in [9.17, 15) is 9.50 Å². The zero-order valence-electron chi connectivity index (χ0n) is 10.1. The lowest BCUT2D eigenvalue weighted by Gasteiger charge is -2.15. The summed E-state index contributed by atoms with van der Waals surface area (Å²) in [7, 11) is 0. The maximum atomic E-state index is 13.4. The first-order chi connectivity index (χ1) is 8.67. The van der Waals surface area contributed by atoms with Crippen LogP contribution in [0.3, 0.4) is 0 Å². The van der Waals surface area contributed by atoms with Crippen molar-refractivity contribution < 1.29 is 14.6 Å². The molecular formula is C14H16FNO2. The van der Waals surface area contributed by atoms with Gasteiger partial charge in [0.15, 0.2) is 0 Å². The summed E-state index contributed by atoms with van der Waals surface area (Å²) in [6.45, 7) is 1.84. The van der Waals surface area contributed by atoms with Gasteiger partial charge in [-0.25, -0.2) is 4.39 Å². The molecule has 1 aromatic carbocycles. The molecule has 0 aromatic heterocycles. The van der Waals surface area contributed by atoms with E-state index in [1.807, 2.05) is 6.07 Å². The molecule has 2 N–H and O–H groups in total. The molecule has 1 aromatic rings. The van der Waals surface area contributed by atoms with Crippen LogP contribution in [0.1, 0.15) is 17.5 Å². The van der Waals surface area contributed by atoms with Crippen molar-refractivity contribution >= 4 is 0 Å². The second kappa shape index (κ2) is 5.96. The predicted octanol–water partition coefficient (Wildman–Crippen LogP) is 0.736. The molecule has 4 heteroatoms. The standard InChI is InChI=1S/C14H16FNO2/c15-13-7-11(2-1-5-17)6-12(8-13)9-16-4-3-14(18)10-16/h6-8,14,17-18H,3-5,9-10H2. The molecule has 0 aliphatic carbocycles. The van der Waals surface area contributed by atoms with Crippen molar-refractivity contribution in [3.63, 3.8) is 0 Å². The van der Waals surface area contributed by atoms with Crippen LogP contribution < -0.4 is 0 Å². The molecule has 0 bridgehead atoms. The summed E-state index contributed by atoms with van der Waals surface area (Å²) >= 11 is 0. The lowest BCUT2D eigenvalue weighted by Crippen LogP contribution is -2.21. The van der Waals surface area contributed by atoms with Crippen LogP contribution >= 0.6 is 0 Å². The van der Waals surface area contributed by atoms with Gasteiger partial charge in [-0.15, -0.1) is 0 Å². The molecule has 96 valence electrons. The maximum Gasteiger partial charge on any atom is 0.124 e. The summed E-state index contributed by atoms with van der Waals surface area (Å²) < 4.78 is 13.4. The highest BCUT2D eigenvalue weighted by atomic mass is 19.1. The van der Waals surface area contributed by atoms with E-state index >= 15 is 0 Å². The SMILES string of the molecule is OCC#Cc1cc(F)cc(CN2CCC(O)C2)c1. The van der Waals surface area contributed by atoms with Crippen LogP contribution in [0.25, 0.3) is 0 Å². The molecule has 1 saturated heterocycles. The summed E-state index contributed by atoms with van der Waals surface area (Å²) in [6.07, 6.45) is 0.499. The number of likely N-dealkylation sites (tertiary alicyclic amines) is 1. The minimum absolute atomic E-state index is 0.232. The first-order valence-electron chi connectivity index (χ1n) is 5.97. The summed E-state index contributed by atoms with van der Waals surface area (Å²) in [5.41, 5.74) is 1.41. The van der Waals surface area contributed by atoms with Gasteiger partial charge in [0.2, 0.25) is 0 Å². The van der Waals surface area contributed by atoms with E-state index in [1.165, 1.54) is 12.1 Å². The third kappa shape index (κ3) is 3.54. The summed E-state index contributed by atoms with van der Waals surface area (Å²) in [5.74, 6) is 4.88. The number of rotatable bonds is 2. The Morgan fingerprint density at radius 2 is 2.22 bits per heavy atom. The van der Waals surface area contributed by atoms with Gasteiger partial charge in [0.1, 0.15) is 12.4 Å². The van der Waals surface area contributed by atoms with Gasteiger partial charge in [-0.2, -0.15) is 0 Å². The van der Waals surface area contributed by atoms with Crippen molar-refractivity contribution in [2.24, 2.45) is 0 Å². The lowest BCUT2D eigenvalue weighted by atomic mass is 10.1. The number of hydrogen-bond donors (Lipinski definition) is 2. The molecule has 1 heterocycles. The highest BCUT2D eigenvalue weighted by Crippen LogP contribution is 2.15. The first kappa shape index (κ1) is 13.0. The Bertz CT molecular complexity index is 478. The number of benzene rings is 1. The molecule has 1 aliphatic heterocycles. The topological polar surface area (TPSA) is 43.7 Å². The fraction of sp³-hybridized carbons (Fsp3) is 0.429. The predicted molar refractivity (Wildman–Crippen MR) is 66.3 cm³/mol. The quantitative estimate of drug-likeness (QED) is 0.760. The molecule has 1 aliphatic rings. The lowest BCUT2D eigenvalue weighted by molar-refractivity contribution is 0.175. The van der Waals surface area contributed by atoms with E-state index in [1.54, 1.807) is 0 Å². The summed E-state index contributed by atoms with van der Waals surface area (Å²) in [5, 5.41) is 18.1. The highest BCUT2D eigenvalue weighted by Gasteiger charge is 2.20. The smallest absolute Gasteiger partial charge is 0.124 e. The Hall–Kier alpha value is -1.41. The maximum absolute atomic E-state index is 13.4. The van der Waals surface area contributed by atoms with Gasteiger partial charge in [-0.3, -0.25) is 4.90 Å². The summed E-state index contributed by atoms with van der Waals surface area (Å²) in [4.78, 5) is 2.09. The summed E-state index contributed by atoms with van der Waals surface area (Å²) in [6, 6.07) is 4.65. The zero-order valence-corrected chi connectivity index (χ0v) is 10.1. The molecule has 0 radical (unpaired) electrons. The van der Waals surface area contributed by atoms with Gasteiger partial charge in [0, 0.05) is 25.2 Å². The van der Waals surface area contributed by atoms with Crippen molar-refractivity contribution in [2.75, 3.05) is 19.7 Å². The molecule has 0 amide bonds. The Balaban J connectivity index is 2.10. The largest absolute Gasteiger partial charge is 0.392 e. The molecular weight excluding hydrogens is 233 g/mol. The van der Waals surface area contributed by atoms with Gasteiger partial charge in [-0.05, 0) is 30.2 Å². The number of hydrogen-bond acceptors (Lipinski definition) is 3. The molecule has 18 heavy (non-hydrogen) atoms. The Morgan fingerprint density at radius 3 is 2.89 bits per heavy atom. The molecule has 0 saturated carbocycles. The zero-order chi connectivity index (χ0) is 13.0. The normalized spacial score (nSPS) is 19.6. The van der Waals surface area contributed by atoms with Crippen LogP contribution in [-0.4, -0.2) is 40.9 Å². The van der Waals surface area contributed by atoms with Gasteiger partial charge in [0.05, 0.1) is 6.10 Å². The monoisotopic (exact) mass is 249 g/mol. The number of aliphatic hydroxyl groups excluding tert-OH is 2. The van der Waals surface area contributed by atoms with E-state index in [0.717, 1.165) is 18.5 Å². The van der Waals surface area contributed by atoms with Crippen LogP contribution in [0, 0.1) is 17.7 Å². The van der Waals surface area contributed by atoms with Crippen molar-refractivity contribution in [1.82, 2.24) is 4.90 Å². The molecule has 1 atom stereocenters. The number of halogens is 1. The second-order valence-corrected chi connectivity index (χ2v) is 4.49. The second-order valence-electron chi connectivity index (χ2n) is 4.49. The van der Waals surface area contributed by atoms with Crippen LogP contribution in [-0.2, 0) is 6.54 Å². The van der Waals surface area contributed by atoms with Crippen molar-refractivity contribution in [2.45, 2.75) is 19.1 Å². The van der Waals surface area contributed by atoms with E-state index < -0.39 is 0 Å². The minimum Gasteiger partial charge on any atom is -0.392 e. The third-order valence-corrected chi connectivity index (χ3v) is 2.92. The van der Waals surface area contributed by atoms with Gasteiger partial charge in [0.25, 0.3) is 0 Å². The Morgan fingerprint density at radius 1 is 1.39 bits per heavy atom. The van der Waals surface area contributed by atoms with E-state index in [2.05, 4.69) is 16.7 Å². The van der Waals surface area contributed by atoms with Crippen LogP contribution in [0.2, 0.25) is 0 Å². The average Bonchev–Trinajstić information content (AvgIpc) is 2.71. The van der Waals surface area contributed by atoms with Crippen LogP contribution in [0.5, 0.6) is 0 Å². The minimum atomic E-state index is -0.325. The fourth-order valence-corrected chi connectivity index (χ4v) is 2.17. The fourth-order valence-electron chi connectivity index (χ4n) is 2.17. The molecule has 1 unspecified atom stereocenters. The Labute approximate surface area is 106 Å². The Kier molecular flexibility index (Phi) is 4.32. The molecule has 2 rings (SSSR count). The van der Waals surface area contributed by atoms with E-state index in [4.69, 9.17) is 5.11 Å². The van der Waals surface area contributed by atoms with E-state index in [0.29, 0.717) is 18.7 Å². The van der Waals surface area contributed by atoms with Crippen LogP contribution in [0.4, 0.5) is 4.39 Å². The average molecular weight is 249 g/mol. The number of aliphatic hydroxyl groups is 2. The highest BCUT2D eigenvalue weighted by molar-refractivity contribution is 5.37. The van der Waals surface area contributed by atoms with Gasteiger partial charge in [-0.1, -0.05) is 11.8 Å². The molecule has 0 spiro atoms. The van der Waals surface area contributed by atoms with Gasteiger partial charge >= 0.3 is 0 Å². The van der Waals surface area contributed by atoms with Crippen molar-refractivity contribution in [3.05, 3.63) is 35.1 Å².